The molecule has 1 aromatic carbocycles. The highest BCUT2D eigenvalue weighted by atomic mass is 31.2. The molecule has 1 N–H and O–H groups in total. The molecule has 0 spiro atoms. The Morgan fingerprint density at radius 2 is 1.45 bits per heavy atom. The number of nitrogens with zero attached hydrogens (tertiary/aromatic N) is 1. The summed E-state index contributed by atoms with van der Waals surface area (Å²) >= 11 is 0. The molecular weight excluding hydrogens is 409 g/mol. The fourth-order valence-corrected chi connectivity index (χ4v) is 4.39. The van der Waals surface area contributed by atoms with E-state index < -0.39 is 7.82 Å². The van der Waals surface area contributed by atoms with Gasteiger partial charge in [0.05, 0.1) is 27.2 Å². The van der Waals surface area contributed by atoms with E-state index in [2.05, 4.69) is 53.1 Å². The van der Waals surface area contributed by atoms with Gasteiger partial charge in [0.2, 0.25) is 0 Å². The SMILES string of the molecule is CCCCCCCCCC[N+](C)(C)CCOP(=O)(O)OCCCc1ccc(C)c(C)c1. The molecule has 1 aromatic rings. The first-order chi connectivity index (χ1) is 14.7. The standard InChI is InChI=1S/C25H46NO4P/c1-6-7-8-9-10-11-12-13-18-26(4,5)19-21-30-31(27,28)29-20-14-15-25-17-16-23(2)24(3)22-25/h16-17,22H,6-15,18-21H2,1-5H3/p+1. The predicted molar refractivity (Wildman–Crippen MR) is 130 cm³/mol. The molecule has 1 rings (SSSR count). The van der Waals surface area contributed by atoms with Crippen molar-refractivity contribution in [3.63, 3.8) is 0 Å². The molecule has 0 radical (unpaired) electrons. The average molecular weight is 457 g/mol. The van der Waals surface area contributed by atoms with E-state index in [1.54, 1.807) is 0 Å². The Morgan fingerprint density at radius 3 is 2.10 bits per heavy atom. The van der Waals surface area contributed by atoms with Crippen LogP contribution in [0.25, 0.3) is 0 Å². The predicted octanol–water partition coefficient (Wildman–Crippen LogP) is 6.59. The van der Waals surface area contributed by atoms with E-state index in [0.29, 0.717) is 13.0 Å². The van der Waals surface area contributed by atoms with Gasteiger partial charge in [-0.25, -0.2) is 4.57 Å². The lowest BCUT2D eigenvalue weighted by atomic mass is 10.0. The van der Waals surface area contributed by atoms with Crippen molar-refractivity contribution in [1.29, 1.82) is 0 Å². The highest BCUT2D eigenvalue weighted by Crippen LogP contribution is 2.43. The Morgan fingerprint density at radius 1 is 0.839 bits per heavy atom. The number of unbranched alkanes of at least 4 members (excludes halogenated alkanes) is 7. The van der Waals surface area contributed by atoms with Gasteiger partial charge >= 0.3 is 7.82 Å². The van der Waals surface area contributed by atoms with Crippen LogP contribution in [0.15, 0.2) is 18.2 Å². The monoisotopic (exact) mass is 456 g/mol. The lowest BCUT2D eigenvalue weighted by Gasteiger charge is -2.30. The van der Waals surface area contributed by atoms with E-state index in [4.69, 9.17) is 9.05 Å². The molecule has 0 heterocycles. The van der Waals surface area contributed by atoms with Crippen molar-refractivity contribution in [3.05, 3.63) is 34.9 Å². The van der Waals surface area contributed by atoms with Crippen LogP contribution in [0.2, 0.25) is 0 Å². The summed E-state index contributed by atoms with van der Waals surface area (Å²) in [5, 5.41) is 0. The molecule has 0 amide bonds. The fraction of sp³-hybridized carbons (Fsp3) is 0.760. The summed E-state index contributed by atoms with van der Waals surface area (Å²) in [6, 6.07) is 6.37. The first-order valence-corrected chi connectivity index (χ1v) is 13.6. The molecule has 1 unspecified atom stereocenters. The van der Waals surface area contributed by atoms with E-state index >= 15 is 0 Å². The Hall–Kier alpha value is -0.710. The Labute approximate surface area is 191 Å². The number of benzene rings is 1. The molecule has 5 nitrogen and oxygen atoms in total. The third kappa shape index (κ3) is 14.1. The highest BCUT2D eigenvalue weighted by Gasteiger charge is 2.23. The van der Waals surface area contributed by atoms with Gasteiger partial charge in [-0.05, 0) is 56.2 Å². The number of rotatable bonds is 18. The Kier molecular flexibility index (Phi) is 13.9. The van der Waals surface area contributed by atoms with E-state index in [9.17, 15) is 9.46 Å². The molecule has 0 saturated heterocycles. The van der Waals surface area contributed by atoms with E-state index in [0.717, 1.165) is 17.4 Å². The van der Waals surface area contributed by atoms with Crippen molar-refractivity contribution in [2.75, 3.05) is 40.4 Å². The summed E-state index contributed by atoms with van der Waals surface area (Å²) in [7, 11) is 0.323. The number of aryl methyl sites for hydroxylation is 3. The van der Waals surface area contributed by atoms with Crippen LogP contribution in [0.5, 0.6) is 0 Å². The summed E-state index contributed by atoms with van der Waals surface area (Å²) in [6.45, 7) is 8.65. The van der Waals surface area contributed by atoms with Gasteiger partial charge in [0, 0.05) is 0 Å². The number of quaternary nitrogens is 1. The zero-order valence-corrected chi connectivity index (χ0v) is 21.6. The van der Waals surface area contributed by atoms with Crippen LogP contribution in [-0.2, 0) is 20.0 Å². The number of phosphoric ester groups is 1. The third-order valence-electron chi connectivity index (χ3n) is 6.00. The van der Waals surface area contributed by atoms with Gasteiger partial charge in [0.15, 0.2) is 0 Å². The maximum absolute atomic E-state index is 12.1. The number of hydrogen-bond acceptors (Lipinski definition) is 3. The maximum Gasteiger partial charge on any atom is 0.472 e. The Bertz CT molecular complexity index is 663. The summed E-state index contributed by atoms with van der Waals surface area (Å²) in [4.78, 5) is 9.93. The van der Waals surface area contributed by atoms with Crippen molar-refractivity contribution in [2.45, 2.75) is 85.0 Å². The quantitative estimate of drug-likeness (QED) is 0.154. The molecule has 0 aliphatic carbocycles. The normalized spacial score (nSPS) is 14.0. The van der Waals surface area contributed by atoms with Crippen molar-refractivity contribution in [3.8, 4) is 0 Å². The zero-order valence-electron chi connectivity index (χ0n) is 20.7. The van der Waals surface area contributed by atoms with Gasteiger partial charge in [-0.2, -0.15) is 0 Å². The van der Waals surface area contributed by atoms with Crippen LogP contribution in [0, 0.1) is 13.8 Å². The fourth-order valence-electron chi connectivity index (χ4n) is 3.64. The smallest absolute Gasteiger partial charge is 0.327 e. The summed E-state index contributed by atoms with van der Waals surface area (Å²) in [5.41, 5.74) is 3.76. The van der Waals surface area contributed by atoms with Crippen LogP contribution >= 0.6 is 7.82 Å². The summed E-state index contributed by atoms with van der Waals surface area (Å²) < 4.78 is 23.3. The zero-order chi connectivity index (χ0) is 23.2. The highest BCUT2D eigenvalue weighted by molar-refractivity contribution is 7.47. The van der Waals surface area contributed by atoms with Gasteiger partial charge < -0.3 is 9.38 Å². The topological polar surface area (TPSA) is 55.8 Å². The van der Waals surface area contributed by atoms with Crippen molar-refractivity contribution >= 4 is 7.82 Å². The molecule has 0 saturated carbocycles. The van der Waals surface area contributed by atoms with Crippen LogP contribution in [0.3, 0.4) is 0 Å². The van der Waals surface area contributed by atoms with Gasteiger partial charge in [0.1, 0.15) is 13.2 Å². The van der Waals surface area contributed by atoms with Crippen LogP contribution in [0.1, 0.15) is 81.4 Å². The number of phosphoric acid groups is 1. The van der Waals surface area contributed by atoms with Crippen LogP contribution in [-0.4, -0.2) is 49.8 Å². The minimum Gasteiger partial charge on any atom is -0.327 e. The molecule has 31 heavy (non-hydrogen) atoms. The second-order valence-corrected chi connectivity index (χ2v) is 11.0. The third-order valence-corrected chi connectivity index (χ3v) is 7.02. The van der Waals surface area contributed by atoms with Crippen LogP contribution in [0.4, 0.5) is 0 Å². The lowest BCUT2D eigenvalue weighted by molar-refractivity contribution is -0.890. The van der Waals surface area contributed by atoms with E-state index in [1.807, 2.05) is 0 Å². The number of hydrogen-bond donors (Lipinski definition) is 1. The summed E-state index contributed by atoms with van der Waals surface area (Å²) in [5.74, 6) is 0. The molecule has 0 aliphatic rings. The number of likely N-dealkylation sites (N-methyl/N-ethyl adjacent to an activating group) is 1. The molecule has 0 bridgehead atoms. The van der Waals surface area contributed by atoms with Gasteiger partial charge in [-0.15, -0.1) is 0 Å². The van der Waals surface area contributed by atoms with Crippen molar-refractivity contribution in [1.82, 2.24) is 0 Å². The molecule has 1 atom stereocenters. The van der Waals surface area contributed by atoms with E-state index in [1.165, 1.54) is 68.1 Å². The maximum atomic E-state index is 12.1. The van der Waals surface area contributed by atoms with Gasteiger partial charge in [-0.3, -0.25) is 9.05 Å². The summed E-state index contributed by atoms with van der Waals surface area (Å²) in [6.07, 6.45) is 12.0. The van der Waals surface area contributed by atoms with Gasteiger partial charge in [0.25, 0.3) is 0 Å². The molecule has 0 fully saturated rings. The minimum absolute atomic E-state index is 0.219. The second kappa shape index (κ2) is 15.2. The molecule has 0 aromatic heterocycles. The lowest BCUT2D eigenvalue weighted by Crippen LogP contribution is -2.42. The Balaban J connectivity index is 2.13. The average Bonchev–Trinajstić information content (AvgIpc) is 2.69. The molecule has 180 valence electrons. The van der Waals surface area contributed by atoms with Crippen molar-refractivity contribution < 1.29 is 23.0 Å². The molecule has 0 aliphatic heterocycles. The minimum atomic E-state index is -3.98. The van der Waals surface area contributed by atoms with Crippen LogP contribution < -0.4 is 0 Å². The van der Waals surface area contributed by atoms with Gasteiger partial charge in [-0.1, -0.05) is 63.6 Å². The first-order valence-electron chi connectivity index (χ1n) is 12.2. The van der Waals surface area contributed by atoms with E-state index in [-0.39, 0.29) is 13.2 Å². The largest absolute Gasteiger partial charge is 0.472 e. The second-order valence-electron chi connectivity index (χ2n) is 9.51. The molecular formula is C25H47NO4P+. The van der Waals surface area contributed by atoms with Crippen molar-refractivity contribution in [2.24, 2.45) is 0 Å². The first kappa shape index (κ1) is 28.3. The molecule has 6 heteroatoms.